The van der Waals surface area contributed by atoms with Crippen molar-refractivity contribution in [1.82, 2.24) is 9.97 Å². The van der Waals surface area contributed by atoms with Crippen LogP contribution in [0, 0.1) is 0 Å². The van der Waals surface area contributed by atoms with Crippen molar-refractivity contribution in [3.63, 3.8) is 0 Å². The maximum absolute atomic E-state index is 12.3. The van der Waals surface area contributed by atoms with E-state index in [2.05, 4.69) is 14.7 Å². The molecule has 0 aliphatic rings. The molecule has 1 aromatic heterocycles. The smallest absolute Gasteiger partial charge is 0.478 e. The van der Waals surface area contributed by atoms with Crippen molar-refractivity contribution in [1.29, 1.82) is 0 Å². The van der Waals surface area contributed by atoms with Gasteiger partial charge in [-0.1, -0.05) is 12.1 Å². The number of alkyl halides is 3. The lowest BCUT2D eigenvalue weighted by atomic mass is 10.1. The summed E-state index contributed by atoms with van der Waals surface area (Å²) in [6.07, 6.45) is -3.42. The van der Waals surface area contributed by atoms with E-state index in [-0.39, 0.29) is 11.3 Å². The first-order valence-corrected chi connectivity index (χ1v) is 7.98. The SMILES string of the molecule is CN(c1ccc(OC(F)(F)F)cc1)c1cc(-c2cccc(C(=O)O)c2)ncn1. The molecule has 0 radical (unpaired) electrons. The molecular formula is C19H14F3N3O3. The summed E-state index contributed by atoms with van der Waals surface area (Å²) < 4.78 is 40.6. The second-order valence-corrected chi connectivity index (χ2v) is 5.75. The van der Waals surface area contributed by atoms with E-state index >= 15 is 0 Å². The third-order valence-corrected chi connectivity index (χ3v) is 3.86. The van der Waals surface area contributed by atoms with Crippen LogP contribution in [0.25, 0.3) is 11.3 Å². The normalized spacial score (nSPS) is 11.1. The number of carbonyl (C=O) groups is 1. The number of benzene rings is 2. The van der Waals surface area contributed by atoms with Crippen molar-refractivity contribution >= 4 is 17.5 Å². The number of hydrogen-bond acceptors (Lipinski definition) is 5. The number of aromatic carboxylic acids is 1. The van der Waals surface area contributed by atoms with Gasteiger partial charge in [-0.25, -0.2) is 14.8 Å². The highest BCUT2D eigenvalue weighted by atomic mass is 19.4. The van der Waals surface area contributed by atoms with Crippen LogP contribution >= 0.6 is 0 Å². The van der Waals surface area contributed by atoms with E-state index in [0.717, 1.165) is 0 Å². The molecule has 0 atom stereocenters. The topological polar surface area (TPSA) is 75.5 Å². The molecule has 3 rings (SSSR count). The molecule has 144 valence electrons. The first kappa shape index (κ1) is 19.2. The van der Waals surface area contributed by atoms with Crippen LogP contribution in [-0.2, 0) is 0 Å². The Morgan fingerprint density at radius 1 is 1.07 bits per heavy atom. The van der Waals surface area contributed by atoms with Crippen LogP contribution in [0.4, 0.5) is 24.7 Å². The van der Waals surface area contributed by atoms with Gasteiger partial charge < -0.3 is 14.7 Å². The van der Waals surface area contributed by atoms with E-state index in [9.17, 15) is 18.0 Å². The van der Waals surface area contributed by atoms with Crippen molar-refractivity contribution in [3.8, 4) is 17.0 Å². The molecule has 0 spiro atoms. The molecule has 0 unspecified atom stereocenters. The number of anilines is 2. The summed E-state index contributed by atoms with van der Waals surface area (Å²) in [5.41, 5.74) is 1.83. The van der Waals surface area contributed by atoms with Crippen molar-refractivity contribution in [2.75, 3.05) is 11.9 Å². The summed E-state index contributed by atoms with van der Waals surface area (Å²) in [4.78, 5) is 21.1. The Kier molecular flexibility index (Phi) is 5.16. The summed E-state index contributed by atoms with van der Waals surface area (Å²) in [6.45, 7) is 0. The second kappa shape index (κ2) is 7.55. The largest absolute Gasteiger partial charge is 0.573 e. The summed E-state index contributed by atoms with van der Waals surface area (Å²) in [5.74, 6) is -0.886. The van der Waals surface area contributed by atoms with E-state index in [1.165, 1.54) is 42.7 Å². The molecule has 3 aromatic rings. The fourth-order valence-electron chi connectivity index (χ4n) is 2.50. The summed E-state index contributed by atoms with van der Waals surface area (Å²) in [6, 6.07) is 13.3. The summed E-state index contributed by atoms with van der Waals surface area (Å²) in [5, 5.41) is 9.12. The molecule has 1 N–H and O–H groups in total. The Hall–Kier alpha value is -3.62. The minimum Gasteiger partial charge on any atom is -0.478 e. The fraction of sp³-hybridized carbons (Fsp3) is 0.105. The van der Waals surface area contributed by atoms with Crippen LogP contribution < -0.4 is 9.64 Å². The quantitative estimate of drug-likeness (QED) is 0.692. The standard InChI is InChI=1S/C19H14F3N3O3/c1-25(14-5-7-15(8-6-14)28-19(20,21)22)17-10-16(23-11-24-17)12-3-2-4-13(9-12)18(26)27/h2-11H,1H3,(H,26,27). The number of carboxylic acids is 1. The van der Waals surface area contributed by atoms with Gasteiger partial charge >= 0.3 is 12.3 Å². The van der Waals surface area contributed by atoms with Gasteiger partial charge in [0.25, 0.3) is 0 Å². The molecule has 0 aliphatic carbocycles. The number of ether oxygens (including phenoxy) is 1. The van der Waals surface area contributed by atoms with Crippen LogP contribution in [0.15, 0.2) is 60.9 Å². The van der Waals surface area contributed by atoms with Crippen LogP contribution in [0.2, 0.25) is 0 Å². The first-order valence-electron chi connectivity index (χ1n) is 7.98. The summed E-state index contributed by atoms with van der Waals surface area (Å²) in [7, 11) is 1.69. The molecule has 2 aromatic carbocycles. The van der Waals surface area contributed by atoms with Crippen LogP contribution in [-0.4, -0.2) is 34.5 Å². The van der Waals surface area contributed by atoms with Crippen molar-refractivity contribution in [2.45, 2.75) is 6.36 Å². The molecule has 0 amide bonds. The zero-order valence-corrected chi connectivity index (χ0v) is 14.5. The van der Waals surface area contributed by atoms with E-state index in [1.807, 2.05) is 0 Å². The zero-order valence-electron chi connectivity index (χ0n) is 14.5. The Bertz CT molecular complexity index is 991. The predicted molar refractivity (Wildman–Crippen MR) is 95.6 cm³/mol. The number of aromatic nitrogens is 2. The van der Waals surface area contributed by atoms with Gasteiger partial charge in [-0.3, -0.25) is 0 Å². The van der Waals surface area contributed by atoms with E-state index in [0.29, 0.717) is 22.8 Å². The molecule has 0 saturated carbocycles. The van der Waals surface area contributed by atoms with Gasteiger partial charge in [0, 0.05) is 24.4 Å². The number of nitrogens with zero attached hydrogens (tertiary/aromatic N) is 3. The fourth-order valence-corrected chi connectivity index (χ4v) is 2.50. The van der Waals surface area contributed by atoms with Crippen molar-refractivity contribution in [3.05, 3.63) is 66.5 Å². The highest BCUT2D eigenvalue weighted by Gasteiger charge is 2.31. The third-order valence-electron chi connectivity index (χ3n) is 3.86. The van der Waals surface area contributed by atoms with Crippen LogP contribution in [0.1, 0.15) is 10.4 Å². The van der Waals surface area contributed by atoms with Gasteiger partial charge in [0.1, 0.15) is 17.9 Å². The van der Waals surface area contributed by atoms with Gasteiger partial charge in [-0.05, 0) is 36.4 Å². The average molecular weight is 389 g/mol. The van der Waals surface area contributed by atoms with Gasteiger partial charge in [-0.2, -0.15) is 0 Å². The lowest BCUT2D eigenvalue weighted by Gasteiger charge is -2.19. The molecule has 1 heterocycles. The molecule has 28 heavy (non-hydrogen) atoms. The maximum atomic E-state index is 12.3. The first-order chi connectivity index (χ1) is 13.2. The third kappa shape index (κ3) is 4.56. The Morgan fingerprint density at radius 2 is 1.79 bits per heavy atom. The van der Waals surface area contributed by atoms with E-state index in [1.54, 1.807) is 30.1 Å². The lowest BCUT2D eigenvalue weighted by molar-refractivity contribution is -0.274. The number of halogens is 3. The van der Waals surface area contributed by atoms with Crippen molar-refractivity contribution in [2.24, 2.45) is 0 Å². The van der Waals surface area contributed by atoms with Gasteiger partial charge in [-0.15, -0.1) is 13.2 Å². The molecule has 9 heteroatoms. The van der Waals surface area contributed by atoms with Crippen molar-refractivity contribution < 1.29 is 27.8 Å². The molecule has 0 fully saturated rings. The Balaban J connectivity index is 1.85. The minimum atomic E-state index is -4.75. The monoisotopic (exact) mass is 389 g/mol. The Morgan fingerprint density at radius 3 is 2.43 bits per heavy atom. The molecule has 6 nitrogen and oxygen atoms in total. The highest BCUT2D eigenvalue weighted by molar-refractivity contribution is 5.89. The van der Waals surface area contributed by atoms with Crippen LogP contribution in [0.3, 0.4) is 0 Å². The van der Waals surface area contributed by atoms with Crippen LogP contribution in [0.5, 0.6) is 5.75 Å². The molecule has 0 saturated heterocycles. The lowest BCUT2D eigenvalue weighted by Crippen LogP contribution is -2.17. The summed E-state index contributed by atoms with van der Waals surface area (Å²) >= 11 is 0. The number of carboxylic acid groups (broad SMARTS) is 1. The van der Waals surface area contributed by atoms with Gasteiger partial charge in [0.2, 0.25) is 0 Å². The van der Waals surface area contributed by atoms with E-state index in [4.69, 9.17) is 5.11 Å². The second-order valence-electron chi connectivity index (χ2n) is 5.75. The molecular weight excluding hydrogens is 375 g/mol. The van der Waals surface area contributed by atoms with Gasteiger partial charge in [0.05, 0.1) is 11.3 Å². The minimum absolute atomic E-state index is 0.131. The van der Waals surface area contributed by atoms with Gasteiger partial charge in [0.15, 0.2) is 0 Å². The average Bonchev–Trinajstić information content (AvgIpc) is 2.67. The zero-order chi connectivity index (χ0) is 20.3. The van der Waals surface area contributed by atoms with E-state index < -0.39 is 12.3 Å². The number of hydrogen-bond donors (Lipinski definition) is 1. The highest BCUT2D eigenvalue weighted by Crippen LogP contribution is 2.29. The molecule has 0 aliphatic heterocycles. The molecule has 0 bridgehead atoms. The maximum Gasteiger partial charge on any atom is 0.573 e. The predicted octanol–water partition coefficient (Wildman–Crippen LogP) is 4.51. The number of rotatable bonds is 5. The Labute approximate surface area is 157 Å².